The van der Waals surface area contributed by atoms with Gasteiger partial charge in [-0.2, -0.15) is 0 Å². The Bertz CT molecular complexity index is 1720. The number of hydrogen-bond donors (Lipinski definition) is 0. The molecular formula is C46H54Br2. The summed E-state index contributed by atoms with van der Waals surface area (Å²) >= 11 is 7.51. The number of hydrogen-bond acceptors (Lipinski definition) is 0. The van der Waals surface area contributed by atoms with E-state index in [1.165, 1.54) is 82.6 Å². The van der Waals surface area contributed by atoms with Crippen LogP contribution in [0.2, 0.25) is 0 Å². The molecule has 0 N–H and O–H groups in total. The second-order valence-electron chi connectivity index (χ2n) is 16.9. The second-order valence-corrected chi connectivity index (χ2v) is 18.7. The smallest absolute Gasteiger partial charge is 0.0178 e. The Labute approximate surface area is 307 Å². The van der Waals surface area contributed by atoms with E-state index in [1.54, 1.807) is 22.3 Å². The van der Waals surface area contributed by atoms with Crippen molar-refractivity contribution in [3.63, 3.8) is 0 Å². The normalized spacial score (nSPS) is 35.5. The van der Waals surface area contributed by atoms with Crippen LogP contribution in [0.5, 0.6) is 0 Å². The molecule has 4 aromatic carbocycles. The minimum atomic E-state index is 0. The lowest BCUT2D eigenvalue weighted by Crippen LogP contribution is -2.43. The van der Waals surface area contributed by atoms with Gasteiger partial charge in [0.1, 0.15) is 0 Å². The standard InChI is InChI=1S/C22H22Br2.C22H24.2CH4/c1-13-9-21-11-14(2)12-22(21,10-13)20-8-16(24)4-6-18(20)17-5-3-15(23)7-19(17)21;1-15-11-21-13-16(2)14-22(21,12-15)20-10-6-4-8-18(20)17-7-3-5-9-19(17)21;;/h3-8,13-14H,9-12H2,1-2H3;3-10,15-16H,11-14H2,1-2H3;2*1H4. The SMILES string of the molecule is C.C.CC1CC23CC(C)CC2(C1)c1cc(Br)ccc1-c1ccc(Br)cc13.CC1CC23CC(C)CC2(C1)c1ccccc1-c1ccccc13. The van der Waals surface area contributed by atoms with E-state index in [0.717, 1.165) is 23.7 Å². The van der Waals surface area contributed by atoms with E-state index >= 15 is 0 Å². The van der Waals surface area contributed by atoms with Crippen LogP contribution >= 0.6 is 31.9 Å². The molecule has 48 heavy (non-hydrogen) atoms. The molecule has 0 aliphatic heterocycles. The molecule has 0 radical (unpaired) electrons. The van der Waals surface area contributed by atoms with Crippen LogP contribution in [0.3, 0.4) is 0 Å². The van der Waals surface area contributed by atoms with Crippen LogP contribution in [0.4, 0.5) is 0 Å². The van der Waals surface area contributed by atoms with Gasteiger partial charge < -0.3 is 0 Å². The lowest BCUT2D eigenvalue weighted by molar-refractivity contribution is 0.299. The molecule has 4 aromatic rings. The Hall–Kier alpha value is -2.16. The average molecular weight is 767 g/mol. The van der Waals surface area contributed by atoms with Crippen molar-refractivity contribution in [2.45, 2.75) is 116 Å². The Morgan fingerprint density at radius 1 is 0.396 bits per heavy atom. The van der Waals surface area contributed by atoms with Gasteiger partial charge in [0.15, 0.2) is 0 Å². The van der Waals surface area contributed by atoms with Crippen LogP contribution < -0.4 is 0 Å². The molecular weight excluding hydrogens is 712 g/mol. The van der Waals surface area contributed by atoms with Gasteiger partial charge in [-0.1, -0.05) is 135 Å². The highest BCUT2D eigenvalue weighted by Gasteiger charge is 2.66. The summed E-state index contributed by atoms with van der Waals surface area (Å²) < 4.78 is 2.45. The summed E-state index contributed by atoms with van der Waals surface area (Å²) in [4.78, 5) is 0. The first-order valence-electron chi connectivity index (χ1n) is 17.9. The summed E-state index contributed by atoms with van der Waals surface area (Å²) in [7, 11) is 0. The molecule has 6 aliphatic carbocycles. The third-order valence-electron chi connectivity index (χ3n) is 13.9. The van der Waals surface area contributed by atoms with Crippen molar-refractivity contribution in [3.8, 4) is 22.3 Å². The van der Waals surface area contributed by atoms with Gasteiger partial charge in [0.25, 0.3) is 0 Å². The van der Waals surface area contributed by atoms with Crippen molar-refractivity contribution >= 4 is 31.9 Å². The molecule has 0 bridgehead atoms. The first-order chi connectivity index (χ1) is 22.1. The summed E-state index contributed by atoms with van der Waals surface area (Å²) in [6, 6.07) is 32.5. The van der Waals surface area contributed by atoms with Crippen molar-refractivity contribution in [2.24, 2.45) is 23.7 Å². The Morgan fingerprint density at radius 2 is 0.667 bits per heavy atom. The topological polar surface area (TPSA) is 0 Å². The fourth-order valence-corrected chi connectivity index (χ4v) is 14.1. The highest BCUT2D eigenvalue weighted by Crippen LogP contribution is 2.73. The quantitative estimate of drug-likeness (QED) is 0.167. The van der Waals surface area contributed by atoms with Gasteiger partial charge in [0.05, 0.1) is 0 Å². The first-order valence-corrected chi connectivity index (χ1v) is 19.5. The summed E-state index contributed by atoms with van der Waals surface area (Å²) in [5, 5.41) is 0. The van der Waals surface area contributed by atoms with Crippen molar-refractivity contribution < 1.29 is 0 Å². The van der Waals surface area contributed by atoms with Crippen LogP contribution in [0.1, 0.15) is 116 Å². The summed E-state index contributed by atoms with van der Waals surface area (Å²) in [5.41, 5.74) is 14.0. The van der Waals surface area contributed by atoms with Crippen LogP contribution in [-0.2, 0) is 21.7 Å². The molecule has 6 aliphatic rings. The predicted molar refractivity (Wildman–Crippen MR) is 213 cm³/mol. The minimum absolute atomic E-state index is 0. The van der Waals surface area contributed by atoms with Crippen molar-refractivity contribution in [2.75, 3.05) is 0 Å². The van der Waals surface area contributed by atoms with E-state index in [-0.39, 0.29) is 14.9 Å². The molecule has 10 rings (SSSR count). The van der Waals surface area contributed by atoms with E-state index in [4.69, 9.17) is 0 Å². The van der Waals surface area contributed by atoms with Gasteiger partial charge in [-0.05, 0) is 144 Å². The van der Waals surface area contributed by atoms with Gasteiger partial charge in [0, 0.05) is 30.6 Å². The predicted octanol–water partition coefficient (Wildman–Crippen LogP) is 14.2. The van der Waals surface area contributed by atoms with Crippen molar-refractivity contribution in [1.29, 1.82) is 0 Å². The van der Waals surface area contributed by atoms with E-state index in [1.807, 2.05) is 0 Å². The molecule has 0 atom stereocenters. The average Bonchev–Trinajstić information content (AvgIpc) is 3.68. The molecule has 0 unspecified atom stereocenters. The largest absolute Gasteiger partial charge is 0.0776 e. The molecule has 0 amide bonds. The molecule has 2 heteroatoms. The highest BCUT2D eigenvalue weighted by atomic mass is 79.9. The monoisotopic (exact) mass is 764 g/mol. The Kier molecular flexibility index (Phi) is 8.36. The van der Waals surface area contributed by atoms with Gasteiger partial charge in [-0.3, -0.25) is 0 Å². The number of benzene rings is 4. The van der Waals surface area contributed by atoms with Gasteiger partial charge in [0.2, 0.25) is 0 Å². The molecule has 0 heterocycles. The molecule has 252 valence electrons. The fourth-order valence-electron chi connectivity index (χ4n) is 13.4. The van der Waals surface area contributed by atoms with Gasteiger partial charge in [-0.15, -0.1) is 0 Å². The van der Waals surface area contributed by atoms with Crippen LogP contribution in [0.25, 0.3) is 22.3 Å². The Balaban J connectivity index is 0.000000146. The van der Waals surface area contributed by atoms with Gasteiger partial charge >= 0.3 is 0 Å². The van der Waals surface area contributed by atoms with Crippen molar-refractivity contribution in [1.82, 2.24) is 0 Å². The lowest BCUT2D eigenvalue weighted by atomic mass is 9.55. The highest BCUT2D eigenvalue weighted by molar-refractivity contribution is 9.10. The fraction of sp³-hybridized carbons (Fsp3) is 0.478. The number of halogens is 2. The molecule has 4 fully saturated rings. The summed E-state index contributed by atoms with van der Waals surface area (Å²) in [5.74, 6) is 3.28. The number of rotatable bonds is 0. The van der Waals surface area contributed by atoms with Crippen LogP contribution in [-0.4, -0.2) is 0 Å². The maximum Gasteiger partial charge on any atom is 0.0178 e. The zero-order valence-electron chi connectivity index (χ0n) is 27.8. The summed E-state index contributed by atoms with van der Waals surface area (Å²) in [6.45, 7) is 9.88. The molecule has 4 saturated carbocycles. The number of fused-ring (bicyclic) bond motifs is 6. The van der Waals surface area contributed by atoms with E-state index < -0.39 is 0 Å². The van der Waals surface area contributed by atoms with Crippen LogP contribution in [0, 0.1) is 23.7 Å². The molecule has 0 aromatic heterocycles. The molecule has 0 saturated heterocycles. The van der Waals surface area contributed by atoms with Crippen molar-refractivity contribution in [3.05, 3.63) is 116 Å². The third-order valence-corrected chi connectivity index (χ3v) is 14.9. The first kappa shape index (κ1) is 34.3. The van der Waals surface area contributed by atoms with E-state index in [2.05, 4.69) is 144 Å². The minimum Gasteiger partial charge on any atom is -0.0776 e. The Morgan fingerprint density at radius 3 is 1.00 bits per heavy atom. The van der Waals surface area contributed by atoms with E-state index in [9.17, 15) is 0 Å². The molecule has 0 nitrogen and oxygen atoms in total. The zero-order chi connectivity index (χ0) is 31.6. The zero-order valence-corrected chi connectivity index (χ0v) is 31.0. The van der Waals surface area contributed by atoms with E-state index in [0.29, 0.717) is 21.7 Å². The third kappa shape index (κ3) is 4.36. The second kappa shape index (κ2) is 11.7. The molecule has 0 spiro atoms. The van der Waals surface area contributed by atoms with Crippen LogP contribution in [0.15, 0.2) is 93.9 Å². The maximum atomic E-state index is 3.75. The lowest BCUT2D eigenvalue weighted by Gasteiger charge is -2.47. The van der Waals surface area contributed by atoms with Gasteiger partial charge in [-0.25, -0.2) is 0 Å². The summed E-state index contributed by atoms with van der Waals surface area (Å²) in [6.07, 6.45) is 10.9. The maximum absolute atomic E-state index is 3.75.